The van der Waals surface area contributed by atoms with Crippen LogP contribution in [0.3, 0.4) is 0 Å². The van der Waals surface area contributed by atoms with Crippen molar-refractivity contribution in [3.05, 3.63) is 35.9 Å². The molecule has 1 aliphatic heterocycles. The van der Waals surface area contributed by atoms with Crippen LogP contribution in [0.5, 0.6) is 0 Å². The van der Waals surface area contributed by atoms with Gasteiger partial charge in [0.25, 0.3) is 0 Å². The van der Waals surface area contributed by atoms with E-state index in [1.165, 1.54) is 5.56 Å². The highest BCUT2D eigenvalue weighted by Gasteiger charge is 2.30. The molecule has 1 fully saturated rings. The van der Waals surface area contributed by atoms with E-state index in [1.807, 2.05) is 6.07 Å². The van der Waals surface area contributed by atoms with Gasteiger partial charge in [0.15, 0.2) is 0 Å². The van der Waals surface area contributed by atoms with Crippen molar-refractivity contribution in [2.45, 2.75) is 32.0 Å². The second-order valence-corrected chi connectivity index (χ2v) is 4.52. The zero-order valence-corrected chi connectivity index (χ0v) is 10.0. The van der Waals surface area contributed by atoms with Gasteiger partial charge in [0.1, 0.15) is 6.23 Å². The molecule has 0 aromatic heterocycles. The molecule has 1 atom stereocenters. The molecular weight excluding hydrogens is 210 g/mol. The Hall–Kier alpha value is -0.570. The lowest BCUT2D eigenvalue weighted by molar-refractivity contribution is 0.0987. The molecule has 1 saturated heterocycles. The Morgan fingerprint density at radius 2 is 2.00 bits per heavy atom. The summed E-state index contributed by atoms with van der Waals surface area (Å²) < 4.78 is 5.66. The molecule has 1 N–H and O–H groups in total. The van der Waals surface area contributed by atoms with Crippen LogP contribution in [-0.4, -0.2) is 18.4 Å². The first-order valence-electron chi connectivity index (χ1n) is 5.09. The predicted molar refractivity (Wildman–Crippen MR) is 64.3 cm³/mol. The van der Waals surface area contributed by atoms with Crippen molar-refractivity contribution in [1.29, 1.82) is 0 Å². The Labute approximate surface area is 97.4 Å². The number of rotatable bonds is 2. The molecule has 0 radical (unpaired) electrons. The lowest BCUT2D eigenvalue weighted by atomic mass is 10.1. The number of benzene rings is 1. The van der Waals surface area contributed by atoms with Crippen molar-refractivity contribution in [2.75, 3.05) is 6.61 Å². The fraction of sp³-hybridized carbons (Fsp3) is 0.500. The predicted octanol–water partition coefficient (Wildman–Crippen LogP) is 2.38. The van der Waals surface area contributed by atoms with Gasteiger partial charge in [0.2, 0.25) is 0 Å². The molecule has 3 heteroatoms. The summed E-state index contributed by atoms with van der Waals surface area (Å²) in [5.74, 6) is 0. The summed E-state index contributed by atoms with van der Waals surface area (Å²) in [7, 11) is 0. The van der Waals surface area contributed by atoms with Crippen LogP contribution in [0.4, 0.5) is 0 Å². The summed E-state index contributed by atoms with van der Waals surface area (Å²) >= 11 is 0. The van der Waals surface area contributed by atoms with E-state index in [9.17, 15) is 0 Å². The topological polar surface area (TPSA) is 21.3 Å². The smallest absolute Gasteiger partial charge is 0.112 e. The highest BCUT2D eigenvalue weighted by molar-refractivity contribution is 5.85. The van der Waals surface area contributed by atoms with Crippen LogP contribution in [0.1, 0.15) is 19.4 Å². The van der Waals surface area contributed by atoms with E-state index in [4.69, 9.17) is 4.74 Å². The first kappa shape index (κ1) is 12.5. The molecule has 1 aliphatic rings. The third-order valence-electron chi connectivity index (χ3n) is 2.46. The summed E-state index contributed by atoms with van der Waals surface area (Å²) in [4.78, 5) is 0. The standard InChI is InChI=1S/C12H17NO.ClH/c1-12(2)9-14-11(13-12)8-10-6-4-3-5-7-10;/h3-7,11,13H,8-9H2,1-2H3;1H. The Bertz CT molecular complexity index is 300. The van der Waals surface area contributed by atoms with E-state index < -0.39 is 0 Å². The van der Waals surface area contributed by atoms with Gasteiger partial charge in [0, 0.05) is 12.0 Å². The molecule has 0 aliphatic carbocycles. The first-order chi connectivity index (χ1) is 6.66. The maximum atomic E-state index is 5.66. The zero-order chi connectivity index (χ0) is 10.0. The van der Waals surface area contributed by atoms with Crippen LogP contribution in [0.2, 0.25) is 0 Å². The minimum absolute atomic E-state index is 0. The van der Waals surface area contributed by atoms with Gasteiger partial charge in [-0.3, -0.25) is 5.32 Å². The van der Waals surface area contributed by atoms with E-state index >= 15 is 0 Å². The summed E-state index contributed by atoms with van der Waals surface area (Å²) in [6.07, 6.45) is 1.12. The number of ether oxygens (including phenoxy) is 1. The van der Waals surface area contributed by atoms with Crippen molar-refractivity contribution in [1.82, 2.24) is 5.32 Å². The van der Waals surface area contributed by atoms with Gasteiger partial charge in [-0.05, 0) is 19.4 Å². The lowest BCUT2D eigenvalue weighted by Gasteiger charge is -2.16. The number of halogens is 1. The third kappa shape index (κ3) is 3.49. The van der Waals surface area contributed by atoms with Crippen molar-refractivity contribution >= 4 is 12.4 Å². The lowest BCUT2D eigenvalue weighted by Crippen LogP contribution is -2.39. The fourth-order valence-corrected chi connectivity index (χ4v) is 1.77. The van der Waals surface area contributed by atoms with Gasteiger partial charge in [-0.15, -0.1) is 12.4 Å². The molecule has 1 aromatic rings. The minimum Gasteiger partial charge on any atom is -0.361 e. The number of hydrogen-bond acceptors (Lipinski definition) is 2. The second-order valence-electron chi connectivity index (χ2n) is 4.52. The van der Waals surface area contributed by atoms with Gasteiger partial charge >= 0.3 is 0 Å². The van der Waals surface area contributed by atoms with Crippen molar-refractivity contribution in [3.8, 4) is 0 Å². The van der Waals surface area contributed by atoms with E-state index in [0.717, 1.165) is 13.0 Å². The van der Waals surface area contributed by atoms with Gasteiger partial charge < -0.3 is 4.74 Å². The first-order valence-corrected chi connectivity index (χ1v) is 5.09. The van der Waals surface area contributed by atoms with Crippen LogP contribution in [0, 0.1) is 0 Å². The minimum atomic E-state index is 0. The summed E-state index contributed by atoms with van der Waals surface area (Å²) in [5.41, 5.74) is 1.45. The molecular formula is C12H18ClNO. The number of nitrogens with one attached hydrogen (secondary N) is 1. The van der Waals surface area contributed by atoms with Crippen LogP contribution >= 0.6 is 12.4 Å². The zero-order valence-electron chi connectivity index (χ0n) is 9.19. The molecule has 2 rings (SSSR count). The molecule has 0 saturated carbocycles. The monoisotopic (exact) mass is 227 g/mol. The van der Waals surface area contributed by atoms with Crippen LogP contribution in [0.15, 0.2) is 30.3 Å². The SMILES string of the molecule is CC1(C)COC(Cc2ccccc2)N1.Cl. The highest BCUT2D eigenvalue weighted by Crippen LogP contribution is 2.16. The van der Waals surface area contributed by atoms with Crippen molar-refractivity contribution < 1.29 is 4.74 Å². The molecule has 84 valence electrons. The maximum Gasteiger partial charge on any atom is 0.112 e. The molecule has 1 aromatic carbocycles. The van der Waals surface area contributed by atoms with Gasteiger partial charge in [-0.1, -0.05) is 30.3 Å². The quantitative estimate of drug-likeness (QED) is 0.838. The Morgan fingerprint density at radius 1 is 1.33 bits per heavy atom. The fourth-order valence-electron chi connectivity index (χ4n) is 1.77. The number of hydrogen-bond donors (Lipinski definition) is 1. The third-order valence-corrected chi connectivity index (χ3v) is 2.46. The van der Waals surface area contributed by atoms with Crippen LogP contribution < -0.4 is 5.32 Å². The normalized spacial score (nSPS) is 23.5. The Kier molecular flexibility index (Phi) is 4.14. The molecule has 0 spiro atoms. The van der Waals surface area contributed by atoms with E-state index in [2.05, 4.69) is 43.4 Å². The van der Waals surface area contributed by atoms with E-state index in [-0.39, 0.29) is 24.2 Å². The molecule has 2 nitrogen and oxygen atoms in total. The molecule has 1 heterocycles. The Morgan fingerprint density at radius 3 is 2.53 bits per heavy atom. The van der Waals surface area contributed by atoms with Gasteiger partial charge in [-0.2, -0.15) is 0 Å². The molecule has 1 unspecified atom stereocenters. The second kappa shape index (κ2) is 4.97. The highest BCUT2D eigenvalue weighted by atomic mass is 35.5. The molecule has 15 heavy (non-hydrogen) atoms. The Balaban J connectivity index is 0.00000112. The largest absolute Gasteiger partial charge is 0.361 e. The van der Waals surface area contributed by atoms with E-state index in [0.29, 0.717) is 0 Å². The van der Waals surface area contributed by atoms with Crippen molar-refractivity contribution in [2.24, 2.45) is 0 Å². The average molecular weight is 228 g/mol. The van der Waals surface area contributed by atoms with Crippen molar-refractivity contribution in [3.63, 3.8) is 0 Å². The summed E-state index contributed by atoms with van der Waals surface area (Å²) in [6.45, 7) is 5.13. The van der Waals surface area contributed by atoms with Gasteiger partial charge in [0.05, 0.1) is 6.61 Å². The molecule has 0 amide bonds. The van der Waals surface area contributed by atoms with Crippen LogP contribution in [-0.2, 0) is 11.2 Å². The summed E-state index contributed by atoms with van der Waals surface area (Å²) in [5, 5.41) is 3.46. The van der Waals surface area contributed by atoms with Crippen LogP contribution in [0.25, 0.3) is 0 Å². The summed E-state index contributed by atoms with van der Waals surface area (Å²) in [6, 6.07) is 10.4. The van der Waals surface area contributed by atoms with E-state index in [1.54, 1.807) is 0 Å². The van der Waals surface area contributed by atoms with Gasteiger partial charge in [-0.25, -0.2) is 0 Å². The average Bonchev–Trinajstić information content (AvgIpc) is 2.47. The molecule has 0 bridgehead atoms. The maximum absolute atomic E-state index is 5.66.